The first-order chi connectivity index (χ1) is 13.4. The fourth-order valence-electron chi connectivity index (χ4n) is 2.69. The molecule has 0 bridgehead atoms. The van der Waals surface area contributed by atoms with Crippen molar-refractivity contribution >= 4 is 35.0 Å². The minimum absolute atomic E-state index is 0.129. The summed E-state index contributed by atoms with van der Waals surface area (Å²) in [4.78, 5) is 26.5. The molecular formula is C21H24Cl2N2O3. The number of halogens is 2. The summed E-state index contributed by atoms with van der Waals surface area (Å²) in [6.45, 7) is 2.37. The zero-order valence-corrected chi connectivity index (χ0v) is 17.5. The molecule has 0 saturated heterocycles. The number of ether oxygens (including phenoxy) is 1. The number of amides is 2. The summed E-state index contributed by atoms with van der Waals surface area (Å²) in [6, 6.07) is 13.8. The summed E-state index contributed by atoms with van der Waals surface area (Å²) in [6.07, 6.45) is 0.792. The molecule has 0 fully saturated rings. The van der Waals surface area contributed by atoms with E-state index in [4.69, 9.17) is 27.9 Å². The topological polar surface area (TPSA) is 58.6 Å². The predicted molar refractivity (Wildman–Crippen MR) is 112 cm³/mol. The zero-order valence-electron chi connectivity index (χ0n) is 16.0. The van der Waals surface area contributed by atoms with E-state index in [2.05, 4.69) is 5.32 Å². The van der Waals surface area contributed by atoms with Crippen LogP contribution < -0.4 is 10.1 Å². The van der Waals surface area contributed by atoms with Crippen LogP contribution in [0.1, 0.15) is 25.3 Å². The van der Waals surface area contributed by atoms with Gasteiger partial charge in [0.15, 0.2) is 0 Å². The highest BCUT2D eigenvalue weighted by molar-refractivity contribution is 6.31. The Bertz CT molecular complexity index is 796. The van der Waals surface area contributed by atoms with Crippen LogP contribution in [0.2, 0.25) is 10.0 Å². The molecule has 7 heteroatoms. The summed E-state index contributed by atoms with van der Waals surface area (Å²) in [5, 5.41) is 3.80. The summed E-state index contributed by atoms with van der Waals surface area (Å²) in [7, 11) is 1.55. The Morgan fingerprint density at radius 2 is 1.79 bits per heavy atom. The first-order valence-corrected chi connectivity index (χ1v) is 9.80. The number of nitrogens with zero attached hydrogens (tertiary/aromatic N) is 1. The molecular weight excluding hydrogens is 399 g/mol. The number of carbonyl (C=O) groups is 2. The molecule has 0 saturated carbocycles. The van der Waals surface area contributed by atoms with Crippen molar-refractivity contribution in [2.75, 3.05) is 13.7 Å². The summed E-state index contributed by atoms with van der Waals surface area (Å²) in [5.74, 6) is 0.344. The lowest BCUT2D eigenvalue weighted by atomic mass is 10.1. The van der Waals surface area contributed by atoms with Crippen LogP contribution in [-0.2, 0) is 16.1 Å². The molecule has 2 aromatic rings. The molecule has 150 valence electrons. The van der Waals surface area contributed by atoms with Gasteiger partial charge in [-0.3, -0.25) is 9.59 Å². The highest BCUT2D eigenvalue weighted by Gasteiger charge is 2.25. The maximum absolute atomic E-state index is 12.8. The molecule has 28 heavy (non-hydrogen) atoms. The molecule has 0 unspecified atom stereocenters. The normalized spacial score (nSPS) is 11.6. The van der Waals surface area contributed by atoms with E-state index < -0.39 is 6.04 Å². The number of benzene rings is 2. The van der Waals surface area contributed by atoms with E-state index in [9.17, 15) is 9.59 Å². The Morgan fingerprint density at radius 1 is 1.11 bits per heavy atom. The van der Waals surface area contributed by atoms with Gasteiger partial charge in [-0.25, -0.2) is 0 Å². The third-order valence-electron chi connectivity index (χ3n) is 4.33. The molecule has 0 spiro atoms. The van der Waals surface area contributed by atoms with Crippen molar-refractivity contribution in [3.05, 3.63) is 64.1 Å². The number of hydrogen-bond donors (Lipinski definition) is 1. The minimum Gasteiger partial charge on any atom is -0.494 e. The van der Waals surface area contributed by atoms with Gasteiger partial charge < -0.3 is 15.0 Å². The molecule has 1 N–H and O–H groups in total. The Balaban J connectivity index is 1.97. The first-order valence-electron chi connectivity index (χ1n) is 9.05. The van der Waals surface area contributed by atoms with E-state index in [1.54, 1.807) is 49.2 Å². The highest BCUT2D eigenvalue weighted by Crippen LogP contribution is 2.20. The van der Waals surface area contributed by atoms with Gasteiger partial charge in [0.25, 0.3) is 0 Å². The van der Waals surface area contributed by atoms with Crippen LogP contribution in [-0.4, -0.2) is 36.4 Å². The average molecular weight is 423 g/mol. The number of nitrogens with one attached hydrogen (secondary N) is 1. The molecule has 0 heterocycles. The lowest BCUT2D eigenvalue weighted by molar-refractivity contribution is -0.140. The predicted octanol–water partition coefficient (Wildman–Crippen LogP) is 4.32. The Labute approximate surface area is 175 Å². The van der Waals surface area contributed by atoms with E-state index >= 15 is 0 Å². The van der Waals surface area contributed by atoms with Crippen molar-refractivity contribution in [1.82, 2.24) is 10.2 Å². The quantitative estimate of drug-likeness (QED) is 0.612. The minimum atomic E-state index is -0.606. The molecule has 2 aromatic carbocycles. The van der Waals surface area contributed by atoms with Crippen LogP contribution in [0.4, 0.5) is 0 Å². The third kappa shape index (κ3) is 6.43. The van der Waals surface area contributed by atoms with Crippen LogP contribution >= 0.6 is 23.2 Å². The molecule has 0 aliphatic carbocycles. The third-order valence-corrected chi connectivity index (χ3v) is 4.95. The molecule has 0 aromatic heterocycles. The van der Waals surface area contributed by atoms with E-state index in [0.29, 0.717) is 28.8 Å². The average Bonchev–Trinajstić information content (AvgIpc) is 2.70. The second-order valence-electron chi connectivity index (χ2n) is 6.31. The van der Waals surface area contributed by atoms with Crippen molar-refractivity contribution < 1.29 is 14.3 Å². The van der Waals surface area contributed by atoms with Gasteiger partial charge in [0.05, 0.1) is 6.61 Å². The van der Waals surface area contributed by atoms with Crippen molar-refractivity contribution in [3.8, 4) is 5.75 Å². The first kappa shape index (κ1) is 22.1. The van der Waals surface area contributed by atoms with E-state index in [1.807, 2.05) is 18.2 Å². The van der Waals surface area contributed by atoms with E-state index in [1.165, 1.54) is 0 Å². The second kappa shape index (κ2) is 10.9. The second-order valence-corrected chi connectivity index (χ2v) is 7.15. The zero-order chi connectivity index (χ0) is 20.5. The largest absolute Gasteiger partial charge is 0.494 e. The molecule has 0 aliphatic rings. The number of hydrogen-bond acceptors (Lipinski definition) is 3. The maximum atomic E-state index is 12.8. The van der Waals surface area contributed by atoms with E-state index in [0.717, 1.165) is 5.56 Å². The molecule has 0 radical (unpaired) electrons. The number of likely N-dealkylation sites (N-methyl/N-ethyl adjacent to an activating group) is 1. The number of carbonyl (C=O) groups excluding carboxylic acids is 2. The fourth-order valence-corrected chi connectivity index (χ4v) is 3.01. The van der Waals surface area contributed by atoms with Crippen LogP contribution in [0.5, 0.6) is 5.75 Å². The lowest BCUT2D eigenvalue weighted by Crippen LogP contribution is -2.46. The summed E-state index contributed by atoms with van der Waals surface area (Å²) >= 11 is 12.1. The molecule has 2 rings (SSSR count). The molecule has 1 atom stereocenters. The summed E-state index contributed by atoms with van der Waals surface area (Å²) in [5.41, 5.74) is 0.797. The standard InChI is InChI=1S/C21H24Cl2N2O3/c1-15(21(27)24-2)25(14-16-6-3-4-7-19(16)23)20(26)8-5-13-28-18-11-9-17(22)10-12-18/h3-4,6-7,9-12,15H,5,8,13-14H2,1-2H3,(H,24,27)/t15-/m1/s1. The van der Waals surface area contributed by atoms with Gasteiger partial charge in [0.1, 0.15) is 11.8 Å². The van der Waals surface area contributed by atoms with Gasteiger partial charge in [-0.2, -0.15) is 0 Å². The van der Waals surface area contributed by atoms with Crippen LogP contribution in [0.25, 0.3) is 0 Å². The maximum Gasteiger partial charge on any atom is 0.242 e. The van der Waals surface area contributed by atoms with Crippen molar-refractivity contribution in [2.24, 2.45) is 0 Å². The van der Waals surface area contributed by atoms with Gasteiger partial charge in [0.2, 0.25) is 11.8 Å². The van der Waals surface area contributed by atoms with Gasteiger partial charge in [0, 0.05) is 30.1 Å². The Hall–Kier alpha value is -2.24. The van der Waals surface area contributed by atoms with Gasteiger partial charge in [-0.1, -0.05) is 41.4 Å². The molecule has 2 amide bonds. The van der Waals surface area contributed by atoms with Crippen LogP contribution in [0.3, 0.4) is 0 Å². The smallest absolute Gasteiger partial charge is 0.242 e. The SMILES string of the molecule is CNC(=O)[C@@H](C)N(Cc1ccccc1Cl)C(=O)CCCOc1ccc(Cl)cc1. The van der Waals surface area contributed by atoms with Crippen LogP contribution in [0, 0.1) is 0 Å². The lowest BCUT2D eigenvalue weighted by Gasteiger charge is -2.28. The van der Waals surface area contributed by atoms with Crippen molar-refractivity contribution in [3.63, 3.8) is 0 Å². The van der Waals surface area contributed by atoms with Gasteiger partial charge >= 0.3 is 0 Å². The van der Waals surface area contributed by atoms with Crippen molar-refractivity contribution in [2.45, 2.75) is 32.4 Å². The Kier molecular flexibility index (Phi) is 8.61. The van der Waals surface area contributed by atoms with Gasteiger partial charge in [-0.05, 0) is 49.2 Å². The van der Waals surface area contributed by atoms with Crippen LogP contribution in [0.15, 0.2) is 48.5 Å². The van der Waals surface area contributed by atoms with E-state index in [-0.39, 0.29) is 24.8 Å². The molecule has 5 nitrogen and oxygen atoms in total. The monoisotopic (exact) mass is 422 g/mol. The molecule has 0 aliphatic heterocycles. The highest BCUT2D eigenvalue weighted by atomic mass is 35.5. The summed E-state index contributed by atoms with van der Waals surface area (Å²) < 4.78 is 5.63. The van der Waals surface area contributed by atoms with Gasteiger partial charge in [-0.15, -0.1) is 0 Å². The fraction of sp³-hybridized carbons (Fsp3) is 0.333. The number of rotatable bonds is 9. The van der Waals surface area contributed by atoms with Crippen molar-refractivity contribution in [1.29, 1.82) is 0 Å². The Morgan fingerprint density at radius 3 is 2.43 bits per heavy atom.